The normalized spacial score (nSPS) is 12.2. The summed E-state index contributed by atoms with van der Waals surface area (Å²) in [4.78, 5) is 2.08. The van der Waals surface area contributed by atoms with E-state index >= 15 is 0 Å². The SMILES string of the molecule is CCN(Cc1cc(F)ccc1Br)CC(C)(C)O. The van der Waals surface area contributed by atoms with Crippen molar-refractivity contribution < 1.29 is 9.50 Å². The maximum Gasteiger partial charge on any atom is 0.123 e. The maximum absolute atomic E-state index is 13.2. The molecule has 0 heterocycles. The lowest BCUT2D eigenvalue weighted by Gasteiger charge is -2.28. The molecule has 0 saturated carbocycles. The van der Waals surface area contributed by atoms with Gasteiger partial charge in [-0.15, -0.1) is 0 Å². The first kappa shape index (κ1) is 14.6. The monoisotopic (exact) mass is 303 g/mol. The third kappa shape index (κ3) is 5.15. The van der Waals surface area contributed by atoms with Crippen LogP contribution in [-0.2, 0) is 6.54 Å². The summed E-state index contributed by atoms with van der Waals surface area (Å²) in [6, 6.07) is 4.67. The molecular weight excluding hydrogens is 285 g/mol. The Balaban J connectivity index is 2.77. The van der Waals surface area contributed by atoms with Crippen LogP contribution in [0.15, 0.2) is 22.7 Å². The fraction of sp³-hybridized carbons (Fsp3) is 0.538. The van der Waals surface area contributed by atoms with Gasteiger partial charge in [0.25, 0.3) is 0 Å². The van der Waals surface area contributed by atoms with Crippen LogP contribution < -0.4 is 0 Å². The van der Waals surface area contributed by atoms with Crippen molar-refractivity contribution in [2.75, 3.05) is 13.1 Å². The van der Waals surface area contributed by atoms with Gasteiger partial charge in [-0.05, 0) is 44.2 Å². The number of halogens is 2. The highest BCUT2D eigenvalue weighted by molar-refractivity contribution is 9.10. The number of hydrogen-bond acceptors (Lipinski definition) is 2. The Hall–Kier alpha value is -0.450. The molecular formula is C13H19BrFNO. The lowest BCUT2D eigenvalue weighted by molar-refractivity contribution is 0.0352. The Labute approximate surface area is 111 Å². The zero-order chi connectivity index (χ0) is 13.1. The van der Waals surface area contributed by atoms with Crippen molar-refractivity contribution in [1.29, 1.82) is 0 Å². The van der Waals surface area contributed by atoms with Crippen LogP contribution in [0.4, 0.5) is 4.39 Å². The molecule has 0 aromatic heterocycles. The first-order valence-electron chi connectivity index (χ1n) is 5.70. The number of benzene rings is 1. The summed E-state index contributed by atoms with van der Waals surface area (Å²) in [5.41, 5.74) is 0.159. The molecule has 0 aliphatic carbocycles. The standard InChI is InChI=1S/C13H19BrFNO/c1-4-16(9-13(2,3)17)8-10-7-11(15)5-6-12(10)14/h5-7,17H,4,8-9H2,1-3H3. The number of nitrogens with zero attached hydrogens (tertiary/aromatic N) is 1. The number of likely N-dealkylation sites (N-methyl/N-ethyl adjacent to an activating group) is 1. The van der Waals surface area contributed by atoms with Gasteiger partial charge in [-0.25, -0.2) is 4.39 Å². The molecule has 0 amide bonds. The van der Waals surface area contributed by atoms with E-state index in [-0.39, 0.29) is 5.82 Å². The minimum Gasteiger partial charge on any atom is -0.389 e. The van der Waals surface area contributed by atoms with E-state index in [2.05, 4.69) is 20.8 Å². The maximum atomic E-state index is 13.2. The van der Waals surface area contributed by atoms with Crippen molar-refractivity contribution in [2.24, 2.45) is 0 Å². The van der Waals surface area contributed by atoms with Gasteiger partial charge in [0.05, 0.1) is 5.60 Å². The van der Waals surface area contributed by atoms with E-state index in [1.54, 1.807) is 19.9 Å². The molecule has 0 bridgehead atoms. The summed E-state index contributed by atoms with van der Waals surface area (Å²) in [5, 5.41) is 9.79. The average Bonchev–Trinajstić information content (AvgIpc) is 2.20. The van der Waals surface area contributed by atoms with Crippen molar-refractivity contribution in [3.05, 3.63) is 34.1 Å². The second kappa shape index (κ2) is 5.94. The van der Waals surface area contributed by atoms with Crippen molar-refractivity contribution in [3.8, 4) is 0 Å². The highest BCUT2D eigenvalue weighted by Crippen LogP contribution is 2.20. The molecule has 96 valence electrons. The zero-order valence-electron chi connectivity index (χ0n) is 10.5. The summed E-state index contributed by atoms with van der Waals surface area (Å²) >= 11 is 3.41. The van der Waals surface area contributed by atoms with E-state index in [1.165, 1.54) is 12.1 Å². The van der Waals surface area contributed by atoms with E-state index in [0.29, 0.717) is 13.1 Å². The molecule has 0 aliphatic heterocycles. The van der Waals surface area contributed by atoms with Crippen LogP contribution in [0.25, 0.3) is 0 Å². The van der Waals surface area contributed by atoms with E-state index in [1.807, 2.05) is 6.92 Å². The van der Waals surface area contributed by atoms with Gasteiger partial charge in [0.15, 0.2) is 0 Å². The molecule has 1 aromatic carbocycles. The number of aliphatic hydroxyl groups is 1. The molecule has 0 aliphatic rings. The summed E-state index contributed by atoms with van der Waals surface area (Å²) in [7, 11) is 0. The van der Waals surface area contributed by atoms with Crippen LogP contribution in [-0.4, -0.2) is 28.7 Å². The quantitative estimate of drug-likeness (QED) is 0.903. The fourth-order valence-electron chi connectivity index (χ4n) is 1.73. The summed E-state index contributed by atoms with van der Waals surface area (Å²) in [6.45, 7) is 7.57. The summed E-state index contributed by atoms with van der Waals surface area (Å²) < 4.78 is 14.0. The van der Waals surface area contributed by atoms with Crippen molar-refractivity contribution in [1.82, 2.24) is 4.90 Å². The molecule has 0 atom stereocenters. The Morgan fingerprint density at radius 1 is 1.41 bits per heavy atom. The van der Waals surface area contributed by atoms with Gasteiger partial charge in [0.2, 0.25) is 0 Å². The molecule has 1 N–H and O–H groups in total. The Bertz CT molecular complexity index is 376. The van der Waals surface area contributed by atoms with Gasteiger partial charge in [-0.1, -0.05) is 22.9 Å². The smallest absolute Gasteiger partial charge is 0.123 e. The van der Waals surface area contributed by atoms with Crippen molar-refractivity contribution in [3.63, 3.8) is 0 Å². The molecule has 0 spiro atoms. The molecule has 0 saturated heterocycles. The van der Waals surface area contributed by atoms with Gasteiger partial charge in [-0.3, -0.25) is 4.90 Å². The Morgan fingerprint density at radius 2 is 2.06 bits per heavy atom. The summed E-state index contributed by atoms with van der Waals surface area (Å²) in [5.74, 6) is -0.234. The first-order valence-corrected chi connectivity index (χ1v) is 6.50. The first-order chi connectivity index (χ1) is 7.81. The second-order valence-electron chi connectivity index (χ2n) is 4.85. The molecule has 0 unspecified atom stereocenters. The third-order valence-electron chi connectivity index (χ3n) is 2.46. The lowest BCUT2D eigenvalue weighted by atomic mass is 10.1. The Kier molecular flexibility index (Phi) is 5.10. The fourth-order valence-corrected chi connectivity index (χ4v) is 2.10. The average molecular weight is 304 g/mol. The molecule has 4 heteroatoms. The molecule has 0 radical (unpaired) electrons. The van der Waals surface area contributed by atoms with E-state index in [9.17, 15) is 9.50 Å². The molecule has 1 rings (SSSR count). The molecule has 0 fully saturated rings. The second-order valence-corrected chi connectivity index (χ2v) is 5.71. The predicted octanol–water partition coefficient (Wildman–Crippen LogP) is 3.18. The molecule has 17 heavy (non-hydrogen) atoms. The van der Waals surface area contributed by atoms with Crippen LogP contribution in [0.5, 0.6) is 0 Å². The minimum absolute atomic E-state index is 0.234. The van der Waals surface area contributed by atoms with Gasteiger partial charge in [0, 0.05) is 17.6 Å². The van der Waals surface area contributed by atoms with Gasteiger partial charge < -0.3 is 5.11 Å². The van der Waals surface area contributed by atoms with Gasteiger partial charge in [-0.2, -0.15) is 0 Å². The van der Waals surface area contributed by atoms with E-state index in [0.717, 1.165) is 16.6 Å². The number of hydrogen-bond donors (Lipinski definition) is 1. The van der Waals surface area contributed by atoms with Crippen LogP contribution in [0.1, 0.15) is 26.3 Å². The van der Waals surface area contributed by atoms with Gasteiger partial charge in [0.1, 0.15) is 5.82 Å². The molecule has 2 nitrogen and oxygen atoms in total. The van der Waals surface area contributed by atoms with E-state index in [4.69, 9.17) is 0 Å². The highest BCUT2D eigenvalue weighted by Gasteiger charge is 2.18. The Morgan fingerprint density at radius 3 is 2.59 bits per heavy atom. The summed E-state index contributed by atoms with van der Waals surface area (Å²) in [6.07, 6.45) is 0. The largest absolute Gasteiger partial charge is 0.389 e. The predicted molar refractivity (Wildman–Crippen MR) is 71.3 cm³/mol. The lowest BCUT2D eigenvalue weighted by Crippen LogP contribution is -2.38. The third-order valence-corrected chi connectivity index (χ3v) is 3.23. The highest BCUT2D eigenvalue weighted by atomic mass is 79.9. The van der Waals surface area contributed by atoms with Crippen LogP contribution in [0, 0.1) is 5.82 Å². The van der Waals surface area contributed by atoms with Gasteiger partial charge >= 0.3 is 0 Å². The van der Waals surface area contributed by atoms with Crippen molar-refractivity contribution in [2.45, 2.75) is 32.9 Å². The van der Waals surface area contributed by atoms with Crippen LogP contribution in [0.2, 0.25) is 0 Å². The minimum atomic E-state index is -0.740. The van der Waals surface area contributed by atoms with Crippen molar-refractivity contribution >= 4 is 15.9 Å². The molecule has 1 aromatic rings. The topological polar surface area (TPSA) is 23.5 Å². The zero-order valence-corrected chi connectivity index (χ0v) is 12.1. The number of rotatable bonds is 5. The van der Waals surface area contributed by atoms with Crippen LogP contribution >= 0.6 is 15.9 Å². The van der Waals surface area contributed by atoms with E-state index < -0.39 is 5.60 Å². The van der Waals surface area contributed by atoms with Crippen LogP contribution in [0.3, 0.4) is 0 Å².